The zero-order chi connectivity index (χ0) is 96.1. The minimum absolute atomic E-state index is 0.00649. The number of aromatic carboxylic acids is 1. The Bertz CT molecular complexity index is 5760. The number of Topliss-reactive ketones (excluding diaryl/α,β-unsaturated/α-hetero) is 2. The summed E-state index contributed by atoms with van der Waals surface area (Å²) in [6.07, 6.45) is 27.8. The molecule has 2 aliphatic heterocycles. The fraction of sp³-hybridized carbons (Fsp3) is 0.442. The third-order valence-electron chi connectivity index (χ3n) is 19.3. The van der Waals surface area contributed by atoms with Crippen molar-refractivity contribution in [2.24, 2.45) is 5.73 Å². The van der Waals surface area contributed by atoms with Crippen LogP contribution in [0.2, 0.25) is 26.3 Å². The van der Waals surface area contributed by atoms with Crippen molar-refractivity contribution in [2.45, 2.75) is 172 Å². The molecular formula is C86H103Cl5N30O12. The first-order chi connectivity index (χ1) is 63.5. The zero-order valence-electron chi connectivity index (χ0n) is 74.2. The molecule has 133 heavy (non-hydrogen) atoms. The van der Waals surface area contributed by atoms with Crippen molar-refractivity contribution in [3.8, 4) is 37.0 Å². The van der Waals surface area contributed by atoms with Crippen LogP contribution in [-0.2, 0) is 18.9 Å². The first-order valence-electron chi connectivity index (χ1n) is 42.3. The molecule has 12 heterocycles. The van der Waals surface area contributed by atoms with Crippen LogP contribution in [0.15, 0.2) is 60.7 Å². The Hall–Kier alpha value is -13.4. The number of aromatic amines is 5. The minimum atomic E-state index is -1.16. The predicted octanol–water partition coefficient (Wildman–Crippen LogP) is 13.8. The van der Waals surface area contributed by atoms with Crippen LogP contribution >= 0.6 is 58.0 Å². The van der Waals surface area contributed by atoms with Crippen molar-refractivity contribution in [2.75, 3.05) is 105 Å². The number of methoxy groups -OCH3 is 2. The summed E-state index contributed by atoms with van der Waals surface area (Å²) in [6, 6.07) is 16.9. The summed E-state index contributed by atoms with van der Waals surface area (Å²) in [5.74, 6) is 12.6. The number of carboxylic acids is 1. The van der Waals surface area contributed by atoms with Gasteiger partial charge in [-0.25, -0.2) is 68.8 Å². The normalized spacial score (nSPS) is 14.6. The average Bonchev–Trinajstić information content (AvgIpc) is 1.75. The van der Waals surface area contributed by atoms with Gasteiger partial charge in [-0.3, -0.25) is 35.1 Å². The Labute approximate surface area is 790 Å². The molecule has 17 rings (SSSR count). The van der Waals surface area contributed by atoms with Gasteiger partial charge in [0.2, 0.25) is 27.1 Å². The molecule has 2 saturated heterocycles. The van der Waals surface area contributed by atoms with Crippen molar-refractivity contribution in [3.63, 3.8) is 0 Å². The maximum absolute atomic E-state index is 12.7. The Morgan fingerprint density at radius 3 is 1.09 bits per heavy atom. The fourth-order valence-corrected chi connectivity index (χ4v) is 13.0. The molecule has 7 fully saturated rings. The Kier molecular flexibility index (Phi) is 37.2. The van der Waals surface area contributed by atoms with E-state index in [4.69, 9.17) is 96.9 Å². The summed E-state index contributed by atoms with van der Waals surface area (Å²) in [5, 5.41) is 59.4. The van der Waals surface area contributed by atoms with Gasteiger partial charge < -0.3 is 76.8 Å². The number of carboxylic acid groups (broad SMARTS) is 1. The number of nitrogens with zero attached hydrogens (tertiary/aromatic N) is 18. The molecule has 0 atom stereocenters. The monoisotopic (exact) mass is 1920 g/mol. The second-order valence-corrected chi connectivity index (χ2v) is 34.3. The lowest BCUT2D eigenvalue weighted by atomic mass is 10.1. The van der Waals surface area contributed by atoms with Gasteiger partial charge >= 0.3 is 30.1 Å². The number of anilines is 10. The molecule has 5 aliphatic carbocycles. The van der Waals surface area contributed by atoms with E-state index in [2.05, 4.69) is 161 Å². The molecule has 0 radical (unpaired) electrons. The van der Waals surface area contributed by atoms with Crippen LogP contribution in [-0.4, -0.2) is 242 Å². The number of halogens is 5. The number of nitrogen functional groups attached to an aromatic ring is 1. The number of carbonyl (C=O) groups excluding carboxylic acids is 6. The van der Waals surface area contributed by atoms with E-state index in [9.17, 15) is 33.6 Å². The lowest BCUT2D eigenvalue weighted by molar-refractivity contribution is 0.0222. The average molecular weight is 1930 g/mol. The number of terminal acetylenes is 3. The number of nitrogens with two attached hydrogens (primary N) is 2. The molecule has 0 aromatic carbocycles. The topological polar surface area (TPSA) is 571 Å². The van der Waals surface area contributed by atoms with Crippen molar-refractivity contribution in [3.05, 3.63) is 144 Å². The van der Waals surface area contributed by atoms with E-state index in [1.807, 2.05) is 76.8 Å². The highest BCUT2D eigenvalue weighted by atomic mass is 35.5. The summed E-state index contributed by atoms with van der Waals surface area (Å²) < 4.78 is 19.7. The lowest BCUT2D eigenvalue weighted by Crippen LogP contribution is -2.50. The number of nitrogens with one attached hydrogen (secondary N) is 10. The molecule has 5 saturated carbocycles. The fourth-order valence-electron chi connectivity index (χ4n) is 12.0. The molecule has 7 aliphatic rings. The number of ether oxygens (including phenoxy) is 4. The number of ketones is 2. The van der Waals surface area contributed by atoms with Gasteiger partial charge in [0.05, 0.1) is 20.8 Å². The summed E-state index contributed by atoms with van der Waals surface area (Å²) in [4.78, 5) is 127. The quantitative estimate of drug-likeness (QED) is 0.00706. The summed E-state index contributed by atoms with van der Waals surface area (Å²) >= 11 is 28.3. The van der Waals surface area contributed by atoms with Gasteiger partial charge in [0, 0.05) is 197 Å². The molecule has 0 spiro atoms. The van der Waals surface area contributed by atoms with E-state index in [-0.39, 0.29) is 91.3 Å². The standard InChI is InChI=1S/C24H31N7O3.C15H14ClN5O.C12H12ClN5O2.C11H10ClN5O2.C9H18N2O2.C6H4Cl2N2O2.C6H9N3.C3H5N/c1-5-6-7-19(32)18-15-20(26-21-14-17(28-29-21)16-8-9-16)27-22(25-18)30-10-12-31(13-11-30)23(33)34-24(2,3)4;1-2-3-4-12(22)11-8-13(19-15(16)17-11)18-14-7-10(20-21-14)9-5-6-9;1-20-11(19)8-5-9(16-12(13)14-8)15-10-4-7(17-18-10)6-2-3-6;12-11-13-7(10(18)19)4-8(15-11)14-9-3-6(16-17-9)5-1-2-5;1-9(2,3)13-8(12)11-6-4-10-5-7-11;1-12-5(11)3-2-4(7)10-6(8)9-3;7-6-3-5(8-9-6)4-1-2-4;1-2-3-4/h1,14-16H,6-13H2,2-4H3,(H2,25,26,27,28,29);1,7-9H,3-6H2,(H2,17,18,19,20,21);4-6H,2-3H2,1H3,(H2,14,15,16,17,18);3-5H,1-2H2,(H,18,19)(H2,13,14,15,16,17);10H,4-7H2,1-3H3;2H,1H3;3-4H,1-2H2,(H3,7,8,9);1H,3-4H2. The zero-order valence-corrected chi connectivity index (χ0v) is 78.0. The van der Waals surface area contributed by atoms with E-state index < -0.39 is 23.5 Å². The Balaban J connectivity index is 0.000000165. The molecule has 2 amide bonds. The third kappa shape index (κ3) is 34.7. The van der Waals surface area contributed by atoms with Crippen molar-refractivity contribution in [1.29, 1.82) is 0 Å². The van der Waals surface area contributed by atoms with Crippen LogP contribution in [0, 0.1) is 37.0 Å². The maximum atomic E-state index is 12.7. The van der Waals surface area contributed by atoms with Gasteiger partial charge in [0.25, 0.3) is 0 Å². The van der Waals surface area contributed by atoms with Crippen molar-refractivity contribution >= 4 is 158 Å². The first-order valence-corrected chi connectivity index (χ1v) is 44.1. The summed E-state index contributed by atoms with van der Waals surface area (Å²) in [7, 11) is 2.52. The van der Waals surface area contributed by atoms with E-state index in [0.29, 0.717) is 133 Å². The SMILES string of the molecule is C#CCCC(=O)c1cc(Nc2cc(C3CC3)[nH]n2)nc(Cl)n1.C#CCCC(=O)c1cc(Nc2cc(C3CC3)[nH]n2)nc(N2CCN(C(=O)OC(C)(C)C)CC2)n1.C#CCN.CC(C)(C)OC(=O)N1CCNCC1.COC(=O)c1cc(Cl)nc(Cl)n1.COC(=O)c1cc(Nc2cc(C3CC3)[nH]n2)nc(Cl)n1.Nc1cc(C2CC2)[nH]n1.O=C(O)c1cc(Nc2cc(C3CC3)[nH]n2)nc(Cl)n1. The number of rotatable bonds is 23. The summed E-state index contributed by atoms with van der Waals surface area (Å²) in [5.41, 5.74) is 15.3. The van der Waals surface area contributed by atoms with Crippen LogP contribution < -0.4 is 43.0 Å². The molecule has 0 unspecified atom stereocenters. The largest absolute Gasteiger partial charge is 0.477 e. The molecule has 42 nitrogen and oxygen atoms in total. The highest BCUT2D eigenvalue weighted by molar-refractivity contribution is 6.32. The summed E-state index contributed by atoms with van der Waals surface area (Å²) in [6.45, 7) is 16.7. The molecule has 47 heteroatoms. The van der Waals surface area contributed by atoms with Crippen molar-refractivity contribution < 1.29 is 57.6 Å². The smallest absolute Gasteiger partial charge is 0.410 e. The Morgan fingerprint density at radius 1 is 0.429 bits per heavy atom. The van der Waals surface area contributed by atoms with Gasteiger partial charge in [0.1, 0.15) is 56.8 Å². The lowest BCUT2D eigenvalue weighted by Gasteiger charge is -2.35. The maximum Gasteiger partial charge on any atom is 0.410 e. The second kappa shape index (κ2) is 48.7. The van der Waals surface area contributed by atoms with Gasteiger partial charge in [-0.1, -0.05) is 17.5 Å². The van der Waals surface area contributed by atoms with Gasteiger partial charge in [0.15, 0.2) is 51.9 Å². The van der Waals surface area contributed by atoms with E-state index in [0.717, 1.165) is 54.9 Å². The Morgan fingerprint density at radius 2 is 0.752 bits per heavy atom. The van der Waals surface area contributed by atoms with Crippen LogP contribution in [0.25, 0.3) is 0 Å². The van der Waals surface area contributed by atoms with Crippen LogP contribution in [0.3, 0.4) is 0 Å². The molecule has 0 bridgehead atoms. The van der Waals surface area contributed by atoms with Gasteiger partial charge in [-0.05, 0) is 152 Å². The van der Waals surface area contributed by atoms with E-state index in [1.165, 1.54) is 102 Å². The van der Waals surface area contributed by atoms with Crippen LogP contribution in [0.5, 0.6) is 0 Å². The molecule has 10 aromatic heterocycles. The number of piperazine rings is 2. The highest BCUT2D eigenvalue weighted by Crippen LogP contribution is 2.43. The second-order valence-electron chi connectivity index (χ2n) is 32.6. The molecule has 15 N–H and O–H groups in total. The predicted molar refractivity (Wildman–Crippen MR) is 499 cm³/mol. The van der Waals surface area contributed by atoms with Gasteiger partial charge in [-0.2, -0.15) is 30.5 Å². The number of carbonyl (C=O) groups is 7. The number of hydrogen-bond acceptors (Lipinski definition) is 34. The molecule has 704 valence electrons. The third-order valence-corrected chi connectivity index (χ3v) is 20.1. The van der Waals surface area contributed by atoms with Crippen molar-refractivity contribution in [1.82, 2.24) is 116 Å². The number of aromatic nitrogens is 20. The van der Waals surface area contributed by atoms with E-state index >= 15 is 0 Å². The van der Waals surface area contributed by atoms with Gasteiger partial charge in [-0.15, -0.1) is 31.1 Å². The minimum Gasteiger partial charge on any atom is -0.477 e. The number of H-pyrrole nitrogens is 5. The molecule has 10 aromatic rings. The number of esters is 2. The van der Waals surface area contributed by atoms with Crippen LogP contribution in [0.4, 0.5) is 67.9 Å². The first kappa shape index (κ1) is 102. The van der Waals surface area contributed by atoms with E-state index in [1.54, 1.807) is 21.9 Å². The van der Waals surface area contributed by atoms with Crippen LogP contribution in [0.1, 0.15) is 242 Å². The highest BCUT2D eigenvalue weighted by Gasteiger charge is 2.33. The molecular weight excluding hydrogens is 1820 g/mol. The number of amides is 2. The number of hydrogen-bond donors (Lipinski definition) is 13.